The minimum atomic E-state index is 0.400. The van der Waals surface area contributed by atoms with Crippen molar-refractivity contribution in [1.29, 1.82) is 5.26 Å². The molecule has 0 saturated heterocycles. The van der Waals surface area contributed by atoms with Crippen LogP contribution < -0.4 is 10.6 Å². The molecule has 1 aromatic heterocycles. The van der Waals surface area contributed by atoms with Crippen molar-refractivity contribution in [2.75, 3.05) is 24.2 Å². The number of hydrogen-bond donors (Lipinski definition) is 1. The fraction of sp³-hybridized carbons (Fsp3) is 0.375. The lowest BCUT2D eigenvalue weighted by atomic mass is 10.4. The number of hydrogen-bond acceptors (Lipinski definition) is 5. The number of nitrogens with two attached hydrogens (primary N) is 1. The van der Waals surface area contributed by atoms with E-state index in [-0.39, 0.29) is 0 Å². The first-order valence-corrected chi connectivity index (χ1v) is 3.91. The second-order valence-electron chi connectivity index (χ2n) is 2.65. The van der Waals surface area contributed by atoms with Crippen LogP contribution in [0.2, 0.25) is 0 Å². The van der Waals surface area contributed by atoms with E-state index in [1.807, 2.05) is 11.9 Å². The molecule has 1 aromatic rings. The van der Waals surface area contributed by atoms with Gasteiger partial charge in [0, 0.05) is 13.6 Å². The minimum Gasteiger partial charge on any atom is -0.382 e. The van der Waals surface area contributed by atoms with Gasteiger partial charge in [-0.25, -0.2) is 0 Å². The third-order valence-electron chi connectivity index (χ3n) is 1.62. The molecule has 13 heavy (non-hydrogen) atoms. The van der Waals surface area contributed by atoms with Crippen molar-refractivity contribution in [2.24, 2.45) is 0 Å². The quantitative estimate of drug-likeness (QED) is 0.723. The maximum absolute atomic E-state index is 8.37. The molecule has 0 atom stereocenters. The van der Waals surface area contributed by atoms with Crippen LogP contribution in [-0.2, 0) is 0 Å². The third-order valence-corrected chi connectivity index (χ3v) is 1.62. The molecule has 68 valence electrons. The molecule has 0 aliphatic heterocycles. The summed E-state index contributed by atoms with van der Waals surface area (Å²) >= 11 is 0. The van der Waals surface area contributed by atoms with Crippen LogP contribution in [0.1, 0.15) is 6.42 Å². The Morgan fingerprint density at radius 1 is 1.54 bits per heavy atom. The molecule has 0 unspecified atom stereocenters. The summed E-state index contributed by atoms with van der Waals surface area (Å²) in [7, 11) is 1.86. The summed E-state index contributed by atoms with van der Waals surface area (Å²) in [5.41, 5.74) is 5.38. The van der Waals surface area contributed by atoms with Gasteiger partial charge in [0.05, 0.1) is 12.5 Å². The zero-order chi connectivity index (χ0) is 9.68. The van der Waals surface area contributed by atoms with Crippen LogP contribution in [0.3, 0.4) is 0 Å². The van der Waals surface area contributed by atoms with Gasteiger partial charge in [-0.05, 0) is 12.1 Å². The monoisotopic (exact) mass is 177 g/mol. The molecule has 1 heterocycles. The first kappa shape index (κ1) is 9.26. The van der Waals surface area contributed by atoms with Crippen LogP contribution >= 0.6 is 0 Å². The van der Waals surface area contributed by atoms with E-state index in [4.69, 9.17) is 11.0 Å². The van der Waals surface area contributed by atoms with E-state index in [0.717, 1.165) is 5.82 Å². The second kappa shape index (κ2) is 4.26. The summed E-state index contributed by atoms with van der Waals surface area (Å²) < 4.78 is 0. The van der Waals surface area contributed by atoms with Gasteiger partial charge in [0.2, 0.25) is 0 Å². The predicted octanol–water partition coefficient (Wildman–Crippen LogP) is 0.409. The molecule has 0 amide bonds. The van der Waals surface area contributed by atoms with Crippen molar-refractivity contribution in [2.45, 2.75) is 6.42 Å². The van der Waals surface area contributed by atoms with E-state index in [2.05, 4.69) is 16.3 Å². The molecule has 5 heteroatoms. The van der Waals surface area contributed by atoms with Crippen LogP contribution in [0, 0.1) is 11.3 Å². The molecule has 0 spiro atoms. The topological polar surface area (TPSA) is 78.8 Å². The predicted molar refractivity (Wildman–Crippen MR) is 49.9 cm³/mol. The largest absolute Gasteiger partial charge is 0.382 e. The van der Waals surface area contributed by atoms with E-state index in [9.17, 15) is 0 Å². The Kier molecular flexibility index (Phi) is 3.03. The Morgan fingerprint density at radius 3 is 2.85 bits per heavy atom. The Hall–Kier alpha value is -1.83. The van der Waals surface area contributed by atoms with Gasteiger partial charge in [-0.15, -0.1) is 10.2 Å². The van der Waals surface area contributed by atoms with Crippen LogP contribution in [0.25, 0.3) is 0 Å². The summed E-state index contributed by atoms with van der Waals surface area (Å²) in [6, 6.07) is 5.53. The van der Waals surface area contributed by atoms with Gasteiger partial charge in [0.25, 0.3) is 0 Å². The van der Waals surface area contributed by atoms with Gasteiger partial charge in [0.1, 0.15) is 5.82 Å². The van der Waals surface area contributed by atoms with Gasteiger partial charge in [-0.2, -0.15) is 5.26 Å². The maximum Gasteiger partial charge on any atom is 0.151 e. The lowest BCUT2D eigenvalue weighted by Crippen LogP contribution is -2.19. The van der Waals surface area contributed by atoms with Crippen molar-refractivity contribution in [1.82, 2.24) is 10.2 Å². The normalized spacial score (nSPS) is 9.23. The molecule has 0 radical (unpaired) electrons. The van der Waals surface area contributed by atoms with Gasteiger partial charge in [-0.3, -0.25) is 0 Å². The highest BCUT2D eigenvalue weighted by molar-refractivity contribution is 5.40. The number of nitrogens with zero attached hydrogens (tertiary/aromatic N) is 4. The lowest BCUT2D eigenvalue weighted by molar-refractivity contribution is 0.861. The molecule has 0 bridgehead atoms. The highest BCUT2D eigenvalue weighted by Gasteiger charge is 2.01. The van der Waals surface area contributed by atoms with Crippen LogP contribution in [0.5, 0.6) is 0 Å². The summed E-state index contributed by atoms with van der Waals surface area (Å²) in [6.45, 7) is 0.648. The minimum absolute atomic E-state index is 0.400. The first-order valence-electron chi connectivity index (χ1n) is 3.91. The van der Waals surface area contributed by atoms with Crippen LogP contribution in [-0.4, -0.2) is 23.8 Å². The van der Waals surface area contributed by atoms with Crippen LogP contribution in [0.15, 0.2) is 12.1 Å². The number of nitriles is 1. The fourth-order valence-corrected chi connectivity index (χ4v) is 0.871. The Bertz CT molecular complexity index is 299. The number of nitrogen functional groups attached to an aromatic ring is 1. The average Bonchev–Trinajstić information content (AvgIpc) is 2.15. The zero-order valence-electron chi connectivity index (χ0n) is 7.44. The first-order chi connectivity index (χ1) is 6.24. The molecule has 0 aliphatic carbocycles. The van der Waals surface area contributed by atoms with Gasteiger partial charge in [0.15, 0.2) is 5.82 Å². The van der Waals surface area contributed by atoms with Gasteiger partial charge in [-0.1, -0.05) is 0 Å². The molecule has 1 rings (SSSR count). The molecule has 2 N–H and O–H groups in total. The SMILES string of the molecule is CN(CCC#N)c1ccc(N)nn1. The zero-order valence-corrected chi connectivity index (χ0v) is 7.44. The van der Waals surface area contributed by atoms with E-state index in [1.54, 1.807) is 12.1 Å². The lowest BCUT2D eigenvalue weighted by Gasteiger charge is -2.14. The Labute approximate surface area is 76.8 Å². The third kappa shape index (κ3) is 2.60. The highest BCUT2D eigenvalue weighted by Crippen LogP contribution is 2.07. The van der Waals surface area contributed by atoms with Crippen molar-refractivity contribution in [3.8, 4) is 6.07 Å². The summed E-state index contributed by atoms with van der Waals surface area (Å²) in [5, 5.41) is 16.0. The van der Waals surface area contributed by atoms with E-state index >= 15 is 0 Å². The van der Waals surface area contributed by atoms with E-state index < -0.39 is 0 Å². The molecule has 0 fully saturated rings. The molecule has 0 aromatic carbocycles. The van der Waals surface area contributed by atoms with Crippen molar-refractivity contribution in [3.63, 3.8) is 0 Å². The van der Waals surface area contributed by atoms with Gasteiger partial charge >= 0.3 is 0 Å². The summed E-state index contributed by atoms with van der Waals surface area (Å²) in [5.74, 6) is 1.13. The fourth-order valence-electron chi connectivity index (χ4n) is 0.871. The van der Waals surface area contributed by atoms with E-state index in [0.29, 0.717) is 18.8 Å². The molecule has 0 aliphatic rings. The number of aromatic nitrogens is 2. The Morgan fingerprint density at radius 2 is 2.31 bits per heavy atom. The molecular formula is C8H11N5. The number of rotatable bonds is 3. The van der Waals surface area contributed by atoms with E-state index in [1.165, 1.54) is 0 Å². The highest BCUT2D eigenvalue weighted by atomic mass is 15.3. The molecule has 5 nitrogen and oxygen atoms in total. The average molecular weight is 177 g/mol. The summed E-state index contributed by atoms with van der Waals surface area (Å²) in [4.78, 5) is 1.86. The molecule has 0 saturated carbocycles. The van der Waals surface area contributed by atoms with Crippen LogP contribution in [0.4, 0.5) is 11.6 Å². The standard InChI is InChI=1S/C8H11N5/c1-13(6-2-5-9)8-4-3-7(10)11-12-8/h3-4H,2,6H2,1H3,(H2,10,11). The molecular weight excluding hydrogens is 166 g/mol. The smallest absolute Gasteiger partial charge is 0.151 e. The van der Waals surface area contributed by atoms with Crippen molar-refractivity contribution < 1.29 is 0 Å². The maximum atomic E-state index is 8.37. The van der Waals surface area contributed by atoms with Crippen molar-refractivity contribution >= 4 is 11.6 Å². The summed E-state index contributed by atoms with van der Waals surface area (Å²) in [6.07, 6.45) is 0.475. The Balaban J connectivity index is 2.62. The van der Waals surface area contributed by atoms with Crippen molar-refractivity contribution in [3.05, 3.63) is 12.1 Å². The number of anilines is 2. The van der Waals surface area contributed by atoms with Gasteiger partial charge < -0.3 is 10.6 Å². The second-order valence-corrected chi connectivity index (χ2v) is 2.65.